The zero-order valence-electron chi connectivity index (χ0n) is 24.8. The summed E-state index contributed by atoms with van der Waals surface area (Å²) >= 11 is 0. The number of hydrogen-bond donors (Lipinski definition) is 0. The molecule has 1 aromatic carbocycles. The molecule has 0 saturated heterocycles. The number of rotatable bonds is 11. The molecule has 0 spiro atoms. The van der Waals surface area contributed by atoms with Crippen LogP contribution < -0.4 is 4.74 Å². The summed E-state index contributed by atoms with van der Waals surface area (Å²) in [5, 5.41) is 0. The Morgan fingerprint density at radius 1 is 0.973 bits per heavy atom. The number of aromatic nitrogens is 1. The van der Waals surface area contributed by atoms with Gasteiger partial charge in [-0.1, -0.05) is 39.8 Å². The molecule has 0 fully saturated rings. The van der Waals surface area contributed by atoms with Crippen LogP contribution in [0.4, 0.5) is 0 Å². The summed E-state index contributed by atoms with van der Waals surface area (Å²) < 4.78 is 7.54. The number of carbonyl (C=O) groups is 2. The van der Waals surface area contributed by atoms with E-state index in [4.69, 9.17) is 4.74 Å². The Morgan fingerprint density at radius 2 is 1.65 bits per heavy atom. The molecule has 1 atom stereocenters. The number of amides is 2. The van der Waals surface area contributed by atoms with Gasteiger partial charge in [0.15, 0.2) is 0 Å². The van der Waals surface area contributed by atoms with Gasteiger partial charge in [-0.3, -0.25) is 9.59 Å². The minimum Gasteiger partial charge on any atom is -0.497 e. The Morgan fingerprint density at radius 3 is 2.22 bits per heavy atom. The van der Waals surface area contributed by atoms with Crippen LogP contribution in [0.3, 0.4) is 0 Å². The van der Waals surface area contributed by atoms with Crippen LogP contribution in [-0.2, 0) is 22.7 Å². The maximum atomic E-state index is 13.7. The van der Waals surface area contributed by atoms with Crippen LogP contribution in [0, 0.1) is 11.3 Å². The van der Waals surface area contributed by atoms with Crippen LogP contribution in [0.15, 0.2) is 42.6 Å². The Balaban J connectivity index is 2.19. The van der Waals surface area contributed by atoms with Crippen LogP contribution in [0.2, 0.25) is 0 Å². The first-order chi connectivity index (χ1) is 17.1. The lowest BCUT2D eigenvalue weighted by Crippen LogP contribution is -2.51. The lowest BCUT2D eigenvalue weighted by atomic mass is 9.84. The minimum absolute atomic E-state index is 0.0350. The molecule has 2 rings (SSSR count). The molecule has 2 amide bonds. The molecule has 0 aliphatic rings. The molecular weight excluding hydrogens is 462 g/mol. The second kappa shape index (κ2) is 12.7. The lowest BCUT2D eigenvalue weighted by Gasteiger charge is -2.38. The highest BCUT2D eigenvalue weighted by atomic mass is 16.5. The summed E-state index contributed by atoms with van der Waals surface area (Å²) in [7, 11) is 1.67. The first-order valence-corrected chi connectivity index (χ1v) is 13.5. The van der Waals surface area contributed by atoms with Crippen molar-refractivity contribution in [1.82, 2.24) is 14.4 Å². The number of benzene rings is 1. The molecule has 0 N–H and O–H groups in total. The van der Waals surface area contributed by atoms with E-state index in [0.29, 0.717) is 19.5 Å². The molecule has 206 valence electrons. The van der Waals surface area contributed by atoms with E-state index in [1.54, 1.807) is 12.0 Å². The highest BCUT2D eigenvalue weighted by Gasteiger charge is 2.31. The van der Waals surface area contributed by atoms with Crippen molar-refractivity contribution in [3.8, 4) is 5.75 Å². The van der Waals surface area contributed by atoms with E-state index in [1.165, 1.54) is 0 Å². The maximum absolute atomic E-state index is 13.7. The highest BCUT2D eigenvalue weighted by Crippen LogP contribution is 2.27. The van der Waals surface area contributed by atoms with Crippen LogP contribution in [-0.4, -0.2) is 51.4 Å². The highest BCUT2D eigenvalue weighted by molar-refractivity contribution is 5.85. The van der Waals surface area contributed by atoms with Crippen LogP contribution in [0.25, 0.3) is 0 Å². The van der Waals surface area contributed by atoms with Crippen LogP contribution in [0.1, 0.15) is 86.4 Å². The number of methoxy groups -OCH3 is 1. The Bertz CT molecular complexity index is 1030. The van der Waals surface area contributed by atoms with Crippen molar-refractivity contribution in [3.05, 3.63) is 53.9 Å². The molecule has 0 aliphatic carbocycles. The van der Waals surface area contributed by atoms with Gasteiger partial charge in [-0.15, -0.1) is 0 Å². The average molecular weight is 512 g/mol. The molecule has 37 heavy (non-hydrogen) atoms. The van der Waals surface area contributed by atoms with Gasteiger partial charge in [0, 0.05) is 36.4 Å². The maximum Gasteiger partial charge on any atom is 0.242 e. The fraction of sp³-hybridized carbons (Fsp3) is 0.613. The van der Waals surface area contributed by atoms with E-state index in [1.807, 2.05) is 70.0 Å². The van der Waals surface area contributed by atoms with E-state index < -0.39 is 5.54 Å². The summed E-state index contributed by atoms with van der Waals surface area (Å²) in [5.74, 6) is 1.11. The molecule has 1 unspecified atom stereocenters. The fourth-order valence-corrected chi connectivity index (χ4v) is 4.90. The summed E-state index contributed by atoms with van der Waals surface area (Å²) in [5.41, 5.74) is 1.95. The summed E-state index contributed by atoms with van der Waals surface area (Å²) in [4.78, 5) is 30.6. The van der Waals surface area contributed by atoms with Gasteiger partial charge >= 0.3 is 0 Å². The molecule has 1 heterocycles. The van der Waals surface area contributed by atoms with Crippen LogP contribution in [0.5, 0.6) is 5.75 Å². The van der Waals surface area contributed by atoms with Crippen molar-refractivity contribution >= 4 is 11.8 Å². The topological polar surface area (TPSA) is 54.8 Å². The molecule has 6 heteroatoms. The molecule has 6 nitrogen and oxygen atoms in total. The predicted octanol–water partition coefficient (Wildman–Crippen LogP) is 6.37. The summed E-state index contributed by atoms with van der Waals surface area (Å²) in [6, 6.07) is 12.1. The third-order valence-electron chi connectivity index (χ3n) is 6.57. The second-order valence-electron chi connectivity index (χ2n) is 12.8. The van der Waals surface area contributed by atoms with Crippen molar-refractivity contribution in [2.75, 3.05) is 13.7 Å². The Hall–Kier alpha value is -2.76. The normalized spacial score (nSPS) is 12.9. The first-order valence-electron chi connectivity index (χ1n) is 13.5. The van der Waals surface area contributed by atoms with Gasteiger partial charge in [-0.25, -0.2) is 0 Å². The average Bonchev–Trinajstić information content (AvgIpc) is 3.19. The molecular formula is C31H49N3O3. The molecule has 0 saturated carbocycles. The monoisotopic (exact) mass is 511 g/mol. The fourth-order valence-electron chi connectivity index (χ4n) is 4.90. The number of nitrogens with zero attached hydrogens (tertiary/aromatic N) is 3. The molecule has 0 radical (unpaired) electrons. The van der Waals surface area contributed by atoms with Crippen molar-refractivity contribution in [1.29, 1.82) is 0 Å². The SMILES string of the molecule is COc1cccc(Cn2cccc2CN(C(=O)CN(C(=O)CC(C)CC(C)(C)C)C(C)C)C(C)(C)C)c1. The molecule has 0 bridgehead atoms. The predicted molar refractivity (Wildman–Crippen MR) is 152 cm³/mol. The van der Waals surface area contributed by atoms with Gasteiger partial charge in [-0.05, 0) is 82.2 Å². The van der Waals surface area contributed by atoms with Crippen molar-refractivity contribution in [2.24, 2.45) is 11.3 Å². The lowest BCUT2D eigenvalue weighted by molar-refractivity contribution is -0.146. The van der Waals surface area contributed by atoms with Crippen molar-refractivity contribution < 1.29 is 14.3 Å². The van der Waals surface area contributed by atoms with Crippen molar-refractivity contribution in [3.63, 3.8) is 0 Å². The van der Waals surface area contributed by atoms with E-state index in [2.05, 4.69) is 44.4 Å². The summed E-state index contributed by atoms with van der Waals surface area (Å²) in [6.07, 6.45) is 3.47. The Kier molecular flexibility index (Phi) is 10.4. The van der Waals surface area contributed by atoms with Crippen LogP contribution >= 0.6 is 0 Å². The molecule has 2 aromatic rings. The standard InChI is InChI=1S/C31H49N3O3/c1-23(2)33(28(35)17-24(3)19-30(4,5)6)22-29(36)34(31(7,8)9)21-26-14-12-16-32(26)20-25-13-11-15-27(18-25)37-10/h11-16,18,23-24H,17,19-22H2,1-10H3. The zero-order chi connectivity index (χ0) is 28.0. The van der Waals surface area contributed by atoms with Gasteiger partial charge in [0.1, 0.15) is 12.3 Å². The van der Waals surface area contributed by atoms with E-state index in [-0.39, 0.29) is 35.7 Å². The zero-order valence-corrected chi connectivity index (χ0v) is 24.8. The smallest absolute Gasteiger partial charge is 0.242 e. The Labute approximate surface area is 225 Å². The summed E-state index contributed by atoms with van der Waals surface area (Å²) in [6.45, 7) is 20.1. The largest absolute Gasteiger partial charge is 0.497 e. The van der Waals surface area contributed by atoms with Gasteiger partial charge in [0.2, 0.25) is 11.8 Å². The van der Waals surface area contributed by atoms with Crippen molar-refractivity contribution in [2.45, 2.75) is 99.8 Å². The van der Waals surface area contributed by atoms with Gasteiger partial charge in [0.05, 0.1) is 13.7 Å². The number of hydrogen-bond acceptors (Lipinski definition) is 3. The van der Waals surface area contributed by atoms with Gasteiger partial charge < -0.3 is 19.1 Å². The molecule has 0 aliphatic heterocycles. The van der Waals surface area contributed by atoms with Gasteiger partial charge in [0.25, 0.3) is 0 Å². The quantitative estimate of drug-likeness (QED) is 0.352. The van der Waals surface area contributed by atoms with E-state index >= 15 is 0 Å². The first kappa shape index (κ1) is 30.5. The van der Waals surface area contributed by atoms with E-state index in [0.717, 1.165) is 23.4 Å². The number of ether oxygens (including phenoxy) is 1. The third kappa shape index (κ3) is 9.56. The number of carbonyl (C=O) groups excluding carboxylic acids is 2. The van der Waals surface area contributed by atoms with Gasteiger partial charge in [-0.2, -0.15) is 0 Å². The second-order valence-corrected chi connectivity index (χ2v) is 12.8. The van der Waals surface area contributed by atoms with E-state index in [9.17, 15) is 9.59 Å². The third-order valence-corrected chi connectivity index (χ3v) is 6.57. The molecule has 1 aromatic heterocycles. The minimum atomic E-state index is -0.395.